The van der Waals surface area contributed by atoms with Crippen LogP contribution in [0.15, 0.2) is 23.1 Å². The van der Waals surface area contributed by atoms with Crippen LogP contribution in [-0.4, -0.2) is 24.2 Å². The number of amides is 3. The van der Waals surface area contributed by atoms with Gasteiger partial charge < -0.3 is 5.32 Å². The van der Waals surface area contributed by atoms with Gasteiger partial charge in [0.15, 0.2) is 0 Å². The first-order valence-electron chi connectivity index (χ1n) is 5.19. The number of thioether (sulfide) groups is 1. The Labute approximate surface area is 119 Å². The van der Waals surface area contributed by atoms with Crippen LogP contribution in [0.25, 0.3) is 0 Å². The Hall–Kier alpha value is -0.910. The monoisotopic (exact) mass is 306 g/mol. The normalized spacial score (nSPS) is 9.94. The summed E-state index contributed by atoms with van der Waals surface area (Å²) in [4.78, 5) is 23.2. The van der Waals surface area contributed by atoms with Gasteiger partial charge in [0.1, 0.15) is 0 Å². The molecule has 1 aromatic carbocycles. The zero-order valence-electron chi connectivity index (χ0n) is 9.63. The molecule has 1 rings (SSSR count). The second-order valence-corrected chi connectivity index (χ2v) is 5.05. The van der Waals surface area contributed by atoms with E-state index < -0.39 is 11.9 Å². The number of hydrogen-bond acceptors (Lipinski definition) is 3. The minimum absolute atomic E-state index is 0.0700. The van der Waals surface area contributed by atoms with Crippen molar-refractivity contribution in [3.05, 3.63) is 28.2 Å². The summed E-state index contributed by atoms with van der Waals surface area (Å²) in [6, 6.07) is 4.60. The van der Waals surface area contributed by atoms with E-state index in [4.69, 9.17) is 23.2 Å². The van der Waals surface area contributed by atoms with E-state index >= 15 is 0 Å². The largest absolute Gasteiger partial charge is 0.338 e. The van der Waals surface area contributed by atoms with Gasteiger partial charge in [-0.3, -0.25) is 10.1 Å². The van der Waals surface area contributed by atoms with Crippen molar-refractivity contribution in [2.75, 3.05) is 12.3 Å². The Morgan fingerprint density at radius 3 is 2.44 bits per heavy atom. The lowest BCUT2D eigenvalue weighted by Crippen LogP contribution is -2.40. The molecule has 18 heavy (non-hydrogen) atoms. The maximum atomic E-state index is 11.4. The molecule has 7 heteroatoms. The molecule has 0 aromatic heterocycles. The molecule has 0 atom stereocenters. The molecule has 0 saturated heterocycles. The van der Waals surface area contributed by atoms with Crippen molar-refractivity contribution in [1.29, 1.82) is 0 Å². The van der Waals surface area contributed by atoms with Crippen LogP contribution in [0.5, 0.6) is 0 Å². The van der Waals surface area contributed by atoms with Crippen molar-refractivity contribution in [3.63, 3.8) is 0 Å². The Bertz CT molecular complexity index is 434. The van der Waals surface area contributed by atoms with Crippen molar-refractivity contribution in [1.82, 2.24) is 10.6 Å². The minimum Gasteiger partial charge on any atom is -0.338 e. The summed E-state index contributed by atoms with van der Waals surface area (Å²) in [5, 5.41) is 5.63. The van der Waals surface area contributed by atoms with Gasteiger partial charge in [0.25, 0.3) is 0 Å². The quantitative estimate of drug-likeness (QED) is 0.841. The summed E-state index contributed by atoms with van der Waals surface area (Å²) in [6.07, 6.45) is 0. The number of urea groups is 1. The van der Waals surface area contributed by atoms with Crippen LogP contribution in [0.3, 0.4) is 0 Å². The maximum Gasteiger partial charge on any atom is 0.321 e. The molecule has 0 radical (unpaired) electrons. The van der Waals surface area contributed by atoms with Crippen molar-refractivity contribution in [3.8, 4) is 0 Å². The molecule has 0 heterocycles. The highest BCUT2D eigenvalue weighted by Gasteiger charge is 2.11. The van der Waals surface area contributed by atoms with E-state index in [-0.39, 0.29) is 5.75 Å². The molecular formula is C11H12Cl2N2O2S. The Morgan fingerprint density at radius 1 is 1.28 bits per heavy atom. The smallest absolute Gasteiger partial charge is 0.321 e. The number of hydrogen-bond donors (Lipinski definition) is 2. The number of rotatable bonds is 4. The zero-order chi connectivity index (χ0) is 13.5. The number of benzene rings is 1. The molecule has 2 N–H and O–H groups in total. The average molecular weight is 307 g/mol. The van der Waals surface area contributed by atoms with Gasteiger partial charge in [0, 0.05) is 11.4 Å². The van der Waals surface area contributed by atoms with Crippen LogP contribution in [0, 0.1) is 0 Å². The highest BCUT2D eigenvalue weighted by Crippen LogP contribution is 2.33. The van der Waals surface area contributed by atoms with Gasteiger partial charge >= 0.3 is 6.03 Å². The van der Waals surface area contributed by atoms with E-state index in [9.17, 15) is 9.59 Å². The first kappa shape index (κ1) is 15.1. The van der Waals surface area contributed by atoms with Gasteiger partial charge in [-0.2, -0.15) is 0 Å². The van der Waals surface area contributed by atoms with Crippen LogP contribution in [0.4, 0.5) is 4.79 Å². The van der Waals surface area contributed by atoms with Crippen molar-refractivity contribution in [2.45, 2.75) is 11.8 Å². The van der Waals surface area contributed by atoms with Crippen molar-refractivity contribution >= 4 is 46.9 Å². The number of nitrogens with one attached hydrogen (secondary N) is 2. The minimum atomic E-state index is -0.506. The Kier molecular flexibility index (Phi) is 6.32. The first-order chi connectivity index (χ1) is 8.54. The van der Waals surface area contributed by atoms with Gasteiger partial charge in [-0.25, -0.2) is 4.79 Å². The van der Waals surface area contributed by atoms with Crippen LogP contribution in [0.2, 0.25) is 10.0 Å². The summed E-state index contributed by atoms with van der Waals surface area (Å²) in [5.41, 5.74) is 0. The van der Waals surface area contributed by atoms with Crippen LogP contribution >= 0.6 is 35.0 Å². The summed E-state index contributed by atoms with van der Waals surface area (Å²) in [7, 11) is 0. The van der Waals surface area contributed by atoms with Gasteiger partial charge in [0.05, 0.1) is 15.8 Å². The number of carbonyl (C=O) groups is 2. The fourth-order valence-electron chi connectivity index (χ4n) is 1.13. The van der Waals surface area contributed by atoms with Crippen LogP contribution in [0.1, 0.15) is 6.92 Å². The van der Waals surface area contributed by atoms with Crippen LogP contribution < -0.4 is 10.6 Å². The lowest BCUT2D eigenvalue weighted by Gasteiger charge is -2.07. The van der Waals surface area contributed by atoms with Gasteiger partial charge in [0.2, 0.25) is 5.91 Å². The highest BCUT2D eigenvalue weighted by molar-refractivity contribution is 8.00. The second kappa shape index (κ2) is 7.51. The summed E-state index contributed by atoms with van der Waals surface area (Å²) < 4.78 is 0. The number of halogens is 2. The molecular weight excluding hydrogens is 295 g/mol. The van der Waals surface area contributed by atoms with Gasteiger partial charge in [-0.05, 0) is 19.1 Å². The first-order valence-corrected chi connectivity index (χ1v) is 6.93. The fraction of sp³-hybridized carbons (Fsp3) is 0.273. The molecule has 0 aliphatic heterocycles. The highest BCUT2D eigenvalue weighted by atomic mass is 35.5. The predicted molar refractivity (Wildman–Crippen MR) is 74.4 cm³/mol. The molecule has 4 nitrogen and oxygen atoms in total. The maximum absolute atomic E-state index is 11.4. The van der Waals surface area contributed by atoms with Gasteiger partial charge in [-0.15, -0.1) is 11.8 Å². The Balaban J connectivity index is 2.50. The second-order valence-electron chi connectivity index (χ2n) is 3.25. The van der Waals surface area contributed by atoms with E-state index in [0.29, 0.717) is 21.5 Å². The molecule has 0 aliphatic carbocycles. The lowest BCUT2D eigenvalue weighted by molar-refractivity contribution is -0.117. The summed E-state index contributed by atoms with van der Waals surface area (Å²) in [6.45, 7) is 2.23. The number of imide groups is 1. The van der Waals surface area contributed by atoms with E-state index in [1.54, 1.807) is 25.1 Å². The van der Waals surface area contributed by atoms with E-state index in [1.165, 1.54) is 11.8 Å². The van der Waals surface area contributed by atoms with E-state index in [2.05, 4.69) is 10.6 Å². The van der Waals surface area contributed by atoms with Gasteiger partial charge in [-0.1, -0.05) is 29.3 Å². The molecule has 98 valence electrons. The predicted octanol–water partition coefficient (Wildman–Crippen LogP) is 2.93. The lowest BCUT2D eigenvalue weighted by atomic mass is 10.4. The fourth-order valence-corrected chi connectivity index (χ4v) is 2.61. The standard InChI is InChI=1S/C11H12Cl2N2O2S/c1-2-14-11(17)15-9(16)6-18-10-7(12)4-3-5-8(10)13/h3-5H,2,6H2,1H3,(H2,14,15,16,17). The molecule has 0 saturated carbocycles. The molecule has 0 bridgehead atoms. The number of carbonyl (C=O) groups excluding carboxylic acids is 2. The zero-order valence-corrected chi connectivity index (χ0v) is 12.0. The summed E-state index contributed by atoms with van der Waals surface area (Å²) >= 11 is 13.1. The van der Waals surface area contributed by atoms with E-state index in [1.807, 2.05) is 0 Å². The molecule has 3 amide bonds. The SMILES string of the molecule is CCNC(=O)NC(=O)CSc1c(Cl)cccc1Cl. The Morgan fingerprint density at radius 2 is 1.89 bits per heavy atom. The van der Waals surface area contributed by atoms with E-state index in [0.717, 1.165) is 0 Å². The van der Waals surface area contributed by atoms with Crippen molar-refractivity contribution in [2.24, 2.45) is 0 Å². The topological polar surface area (TPSA) is 58.2 Å². The third kappa shape index (κ3) is 4.76. The molecule has 0 aliphatic rings. The summed E-state index contributed by atoms with van der Waals surface area (Å²) in [5.74, 6) is -0.331. The van der Waals surface area contributed by atoms with Crippen LogP contribution in [-0.2, 0) is 4.79 Å². The molecule has 0 spiro atoms. The molecule has 0 unspecified atom stereocenters. The van der Waals surface area contributed by atoms with Crippen molar-refractivity contribution < 1.29 is 9.59 Å². The third-order valence-corrected chi connectivity index (χ3v) is 3.85. The molecule has 0 fully saturated rings. The molecule has 1 aromatic rings. The third-order valence-electron chi connectivity index (χ3n) is 1.86. The average Bonchev–Trinajstić information content (AvgIpc) is 2.28.